The maximum Gasteiger partial charge on any atom is 0.126 e. The minimum atomic E-state index is 0.784. The molecule has 2 rings (SSSR count). The Morgan fingerprint density at radius 2 is 2.19 bits per heavy atom. The first-order valence-corrected chi connectivity index (χ1v) is 6.63. The molecule has 3 nitrogen and oxygen atoms in total. The van der Waals surface area contributed by atoms with Gasteiger partial charge in [0.1, 0.15) is 5.82 Å². The third-order valence-corrected chi connectivity index (χ3v) is 3.89. The van der Waals surface area contributed by atoms with Crippen LogP contribution in [0.3, 0.4) is 0 Å². The van der Waals surface area contributed by atoms with Gasteiger partial charge in [-0.15, -0.1) is 0 Å². The van der Waals surface area contributed by atoms with E-state index >= 15 is 0 Å². The first-order valence-electron chi connectivity index (χ1n) is 5.83. The highest BCUT2D eigenvalue weighted by Crippen LogP contribution is 2.17. The van der Waals surface area contributed by atoms with Gasteiger partial charge in [-0.25, -0.2) is 4.98 Å². The van der Waals surface area contributed by atoms with E-state index in [9.17, 15) is 0 Å². The highest BCUT2D eigenvalue weighted by molar-refractivity contribution is 9.10. The number of nitrogens with one attached hydrogen (secondary N) is 2. The lowest BCUT2D eigenvalue weighted by Crippen LogP contribution is -2.31. The van der Waals surface area contributed by atoms with E-state index in [0.717, 1.165) is 41.5 Å². The van der Waals surface area contributed by atoms with Gasteiger partial charge in [-0.3, -0.25) is 0 Å². The number of aryl methyl sites for hydroxylation is 1. The van der Waals surface area contributed by atoms with Crippen LogP contribution < -0.4 is 10.6 Å². The van der Waals surface area contributed by atoms with Crippen molar-refractivity contribution in [1.29, 1.82) is 0 Å². The number of pyridine rings is 1. The second-order valence-electron chi connectivity index (χ2n) is 4.34. The first kappa shape index (κ1) is 11.9. The van der Waals surface area contributed by atoms with E-state index < -0.39 is 0 Å². The van der Waals surface area contributed by atoms with Crippen molar-refractivity contribution in [3.63, 3.8) is 0 Å². The molecule has 1 saturated heterocycles. The Labute approximate surface area is 105 Å². The summed E-state index contributed by atoms with van der Waals surface area (Å²) < 4.78 is 1.07. The van der Waals surface area contributed by atoms with Crippen LogP contribution in [-0.4, -0.2) is 24.6 Å². The molecule has 4 heteroatoms. The van der Waals surface area contributed by atoms with Crippen molar-refractivity contribution in [2.75, 3.05) is 25.0 Å². The molecule has 0 amide bonds. The minimum Gasteiger partial charge on any atom is -0.370 e. The molecule has 88 valence electrons. The van der Waals surface area contributed by atoms with Crippen molar-refractivity contribution >= 4 is 21.7 Å². The molecular weight excluding hydrogens is 266 g/mol. The monoisotopic (exact) mass is 283 g/mol. The predicted octanol–water partition coefficient (Wildman–Crippen LogP) is 2.56. The lowest BCUT2D eigenvalue weighted by molar-refractivity contribution is 0.389. The van der Waals surface area contributed by atoms with Crippen molar-refractivity contribution in [2.45, 2.75) is 19.8 Å². The van der Waals surface area contributed by atoms with Gasteiger partial charge in [0.2, 0.25) is 0 Å². The van der Waals surface area contributed by atoms with E-state index in [0.29, 0.717) is 0 Å². The highest BCUT2D eigenvalue weighted by Gasteiger charge is 2.12. The van der Waals surface area contributed by atoms with Crippen LogP contribution in [0, 0.1) is 12.8 Å². The van der Waals surface area contributed by atoms with Crippen molar-refractivity contribution in [3.05, 3.63) is 22.3 Å². The van der Waals surface area contributed by atoms with Crippen LogP contribution >= 0.6 is 15.9 Å². The maximum absolute atomic E-state index is 4.48. The number of halogens is 1. The molecular formula is C12H18BrN3. The fourth-order valence-electron chi connectivity index (χ4n) is 1.98. The molecule has 1 aliphatic heterocycles. The summed E-state index contributed by atoms with van der Waals surface area (Å²) in [7, 11) is 0. The van der Waals surface area contributed by atoms with Crippen LogP contribution in [0.4, 0.5) is 5.82 Å². The smallest absolute Gasteiger partial charge is 0.126 e. The van der Waals surface area contributed by atoms with Gasteiger partial charge in [-0.05, 0) is 66.8 Å². The van der Waals surface area contributed by atoms with Crippen molar-refractivity contribution in [1.82, 2.24) is 10.3 Å². The Morgan fingerprint density at radius 3 is 2.88 bits per heavy atom. The summed E-state index contributed by atoms with van der Waals surface area (Å²) >= 11 is 3.46. The van der Waals surface area contributed by atoms with Crippen molar-refractivity contribution < 1.29 is 0 Å². The normalized spacial score (nSPS) is 17.4. The molecule has 0 saturated carbocycles. The summed E-state index contributed by atoms with van der Waals surface area (Å²) in [4.78, 5) is 4.48. The van der Waals surface area contributed by atoms with Crippen LogP contribution in [0.2, 0.25) is 0 Å². The molecule has 0 unspecified atom stereocenters. The summed E-state index contributed by atoms with van der Waals surface area (Å²) in [5, 5.41) is 6.80. The van der Waals surface area contributed by atoms with Crippen molar-refractivity contribution in [2.24, 2.45) is 5.92 Å². The summed E-state index contributed by atoms with van der Waals surface area (Å²) in [6.07, 6.45) is 2.53. The third kappa shape index (κ3) is 3.19. The quantitative estimate of drug-likeness (QED) is 0.895. The Balaban J connectivity index is 1.86. The van der Waals surface area contributed by atoms with Gasteiger partial charge in [0, 0.05) is 11.0 Å². The summed E-state index contributed by atoms with van der Waals surface area (Å²) in [6.45, 7) is 5.35. The zero-order valence-corrected chi connectivity index (χ0v) is 11.2. The van der Waals surface area contributed by atoms with Gasteiger partial charge in [0.05, 0.1) is 5.69 Å². The average molecular weight is 284 g/mol. The number of rotatable bonds is 3. The largest absolute Gasteiger partial charge is 0.370 e. The molecule has 1 aliphatic rings. The zero-order valence-electron chi connectivity index (χ0n) is 9.59. The topological polar surface area (TPSA) is 37.0 Å². The van der Waals surface area contributed by atoms with Crippen LogP contribution in [0.15, 0.2) is 16.6 Å². The molecule has 2 heterocycles. The minimum absolute atomic E-state index is 0.784. The molecule has 16 heavy (non-hydrogen) atoms. The van der Waals surface area contributed by atoms with Gasteiger partial charge < -0.3 is 10.6 Å². The Morgan fingerprint density at radius 1 is 1.44 bits per heavy atom. The second kappa shape index (κ2) is 5.64. The second-order valence-corrected chi connectivity index (χ2v) is 5.19. The lowest BCUT2D eigenvalue weighted by Gasteiger charge is -2.23. The zero-order chi connectivity index (χ0) is 11.4. The fourth-order valence-corrected chi connectivity index (χ4v) is 2.20. The molecule has 0 bridgehead atoms. The maximum atomic E-state index is 4.48. The standard InChI is InChI=1S/C12H18BrN3/c1-9-11(13)2-3-12(16-9)15-8-10-4-6-14-7-5-10/h2-3,10,14H,4-8H2,1H3,(H,15,16). The average Bonchev–Trinajstić information content (AvgIpc) is 2.32. The number of nitrogens with zero attached hydrogens (tertiary/aromatic N) is 1. The molecule has 0 aliphatic carbocycles. The SMILES string of the molecule is Cc1nc(NCC2CCNCC2)ccc1Br. The number of anilines is 1. The molecule has 0 spiro atoms. The summed E-state index contributed by atoms with van der Waals surface area (Å²) in [5.74, 6) is 1.77. The lowest BCUT2D eigenvalue weighted by atomic mass is 9.98. The van der Waals surface area contributed by atoms with E-state index in [-0.39, 0.29) is 0 Å². The fraction of sp³-hybridized carbons (Fsp3) is 0.583. The number of hydrogen-bond donors (Lipinski definition) is 2. The third-order valence-electron chi connectivity index (χ3n) is 3.05. The molecule has 2 N–H and O–H groups in total. The predicted molar refractivity (Wildman–Crippen MR) is 70.8 cm³/mol. The van der Waals surface area contributed by atoms with Gasteiger partial charge in [0.25, 0.3) is 0 Å². The van der Waals surface area contributed by atoms with E-state index in [1.165, 1.54) is 12.8 Å². The van der Waals surface area contributed by atoms with Crippen molar-refractivity contribution in [3.8, 4) is 0 Å². The molecule has 1 fully saturated rings. The van der Waals surface area contributed by atoms with Crippen LogP contribution in [0.1, 0.15) is 18.5 Å². The van der Waals surface area contributed by atoms with Crippen LogP contribution in [-0.2, 0) is 0 Å². The van der Waals surface area contributed by atoms with Crippen LogP contribution in [0.25, 0.3) is 0 Å². The highest BCUT2D eigenvalue weighted by atomic mass is 79.9. The van der Waals surface area contributed by atoms with Gasteiger partial charge in [-0.2, -0.15) is 0 Å². The number of aromatic nitrogens is 1. The molecule has 0 aromatic carbocycles. The molecule has 1 aromatic rings. The van der Waals surface area contributed by atoms with E-state index in [1.807, 2.05) is 19.1 Å². The number of piperidine rings is 1. The molecule has 1 aromatic heterocycles. The Bertz CT molecular complexity index is 348. The first-order chi connectivity index (χ1) is 7.75. The van der Waals surface area contributed by atoms with E-state index in [1.54, 1.807) is 0 Å². The van der Waals surface area contributed by atoms with Gasteiger partial charge in [-0.1, -0.05) is 0 Å². The van der Waals surface area contributed by atoms with Gasteiger partial charge >= 0.3 is 0 Å². The Kier molecular flexibility index (Phi) is 4.18. The molecule has 0 radical (unpaired) electrons. The summed E-state index contributed by atoms with van der Waals surface area (Å²) in [5.41, 5.74) is 1.04. The van der Waals surface area contributed by atoms with E-state index in [4.69, 9.17) is 0 Å². The summed E-state index contributed by atoms with van der Waals surface area (Å²) in [6, 6.07) is 4.07. The molecule has 0 atom stereocenters. The van der Waals surface area contributed by atoms with E-state index in [2.05, 4.69) is 31.5 Å². The van der Waals surface area contributed by atoms with Crippen LogP contribution in [0.5, 0.6) is 0 Å². The van der Waals surface area contributed by atoms with Gasteiger partial charge in [0.15, 0.2) is 0 Å². The Hall–Kier alpha value is -0.610. The number of hydrogen-bond acceptors (Lipinski definition) is 3.